The monoisotopic (exact) mass is 216 g/mol. The van der Waals surface area contributed by atoms with Crippen molar-refractivity contribution in [2.75, 3.05) is 6.61 Å². The third-order valence-corrected chi connectivity index (χ3v) is 2.77. The van der Waals surface area contributed by atoms with Gasteiger partial charge < -0.3 is 4.74 Å². The molecule has 0 spiro atoms. The highest BCUT2D eigenvalue weighted by atomic mass is 16.5. The largest absolute Gasteiger partial charge is 0.492 e. The molecule has 2 nitrogen and oxygen atoms in total. The molecule has 1 heterocycles. The van der Waals surface area contributed by atoms with E-state index in [0.717, 1.165) is 17.6 Å². The number of carbonyl (C=O) groups is 1. The number of allylic oxidation sites excluding steroid dienone is 1. The first-order valence-corrected chi connectivity index (χ1v) is 5.44. The van der Waals surface area contributed by atoms with Gasteiger partial charge in [-0.15, -0.1) is 0 Å². The molecular formula is C14H16O2. The maximum Gasteiger partial charge on any atom is 0.150 e. The first-order chi connectivity index (χ1) is 7.52. The molecule has 1 aliphatic rings. The Labute approximate surface area is 95.9 Å². The van der Waals surface area contributed by atoms with Crippen molar-refractivity contribution >= 4 is 11.9 Å². The number of aldehydes is 1. The summed E-state index contributed by atoms with van der Waals surface area (Å²) >= 11 is 0. The van der Waals surface area contributed by atoms with Crippen LogP contribution < -0.4 is 4.74 Å². The van der Waals surface area contributed by atoms with Crippen LogP contribution in [0.2, 0.25) is 0 Å². The standard InChI is InChI=1S/C14H16O2/c1-10-7-14(2,3)9-16-13-5-4-11(8-15)6-12(10)13/h4-8H,9H2,1-3H3. The number of ether oxygens (including phenoxy) is 1. The van der Waals surface area contributed by atoms with Crippen LogP contribution in [0, 0.1) is 5.41 Å². The molecule has 0 radical (unpaired) electrons. The van der Waals surface area contributed by atoms with E-state index in [9.17, 15) is 4.79 Å². The Balaban J connectivity index is 2.53. The SMILES string of the molecule is CC1=CC(C)(C)COc2ccc(C=O)cc21. The first kappa shape index (κ1) is 10.9. The lowest BCUT2D eigenvalue weighted by atomic mass is 9.91. The van der Waals surface area contributed by atoms with Gasteiger partial charge in [-0.2, -0.15) is 0 Å². The molecule has 0 fully saturated rings. The number of fused-ring (bicyclic) bond motifs is 1. The highest BCUT2D eigenvalue weighted by molar-refractivity contribution is 5.80. The lowest BCUT2D eigenvalue weighted by Crippen LogP contribution is -2.17. The second-order valence-electron chi connectivity index (χ2n) is 4.98. The normalized spacial score (nSPS) is 17.8. The van der Waals surface area contributed by atoms with Crippen molar-refractivity contribution < 1.29 is 9.53 Å². The average molecular weight is 216 g/mol. The fraction of sp³-hybridized carbons (Fsp3) is 0.357. The molecule has 0 saturated heterocycles. The molecule has 0 aliphatic carbocycles. The minimum atomic E-state index is 0.0322. The maximum absolute atomic E-state index is 10.8. The summed E-state index contributed by atoms with van der Waals surface area (Å²) in [5.74, 6) is 0.866. The van der Waals surface area contributed by atoms with Crippen LogP contribution in [0.3, 0.4) is 0 Å². The number of rotatable bonds is 1. The second-order valence-corrected chi connectivity index (χ2v) is 4.98. The van der Waals surface area contributed by atoms with Gasteiger partial charge in [0.25, 0.3) is 0 Å². The Morgan fingerprint density at radius 2 is 2.12 bits per heavy atom. The summed E-state index contributed by atoms with van der Waals surface area (Å²) in [6, 6.07) is 5.55. The van der Waals surface area contributed by atoms with E-state index in [1.165, 1.54) is 5.57 Å². The zero-order valence-electron chi connectivity index (χ0n) is 9.91. The van der Waals surface area contributed by atoms with Crippen LogP contribution in [0.25, 0.3) is 5.57 Å². The Morgan fingerprint density at radius 3 is 2.81 bits per heavy atom. The topological polar surface area (TPSA) is 26.3 Å². The molecule has 0 aromatic heterocycles. The van der Waals surface area contributed by atoms with Gasteiger partial charge in [-0.25, -0.2) is 0 Å². The van der Waals surface area contributed by atoms with Crippen molar-refractivity contribution in [3.8, 4) is 5.75 Å². The summed E-state index contributed by atoms with van der Waals surface area (Å²) < 4.78 is 5.77. The van der Waals surface area contributed by atoms with Gasteiger partial charge in [0, 0.05) is 16.5 Å². The third-order valence-electron chi connectivity index (χ3n) is 2.77. The summed E-state index contributed by atoms with van der Waals surface area (Å²) in [5.41, 5.74) is 2.91. The van der Waals surface area contributed by atoms with Gasteiger partial charge in [-0.05, 0) is 30.7 Å². The van der Waals surface area contributed by atoms with Gasteiger partial charge in [-0.3, -0.25) is 4.79 Å². The van der Waals surface area contributed by atoms with Crippen molar-refractivity contribution in [2.45, 2.75) is 20.8 Å². The lowest BCUT2D eigenvalue weighted by molar-refractivity contribution is 0.112. The molecule has 84 valence electrons. The lowest BCUT2D eigenvalue weighted by Gasteiger charge is -2.18. The molecule has 0 saturated carbocycles. The van der Waals surface area contributed by atoms with E-state index in [-0.39, 0.29) is 5.41 Å². The Morgan fingerprint density at radius 1 is 1.38 bits per heavy atom. The molecule has 0 unspecified atom stereocenters. The highest BCUT2D eigenvalue weighted by Gasteiger charge is 2.21. The molecule has 1 aromatic carbocycles. The molecule has 0 N–H and O–H groups in total. The number of hydrogen-bond acceptors (Lipinski definition) is 2. The zero-order chi connectivity index (χ0) is 11.8. The first-order valence-electron chi connectivity index (χ1n) is 5.44. The van der Waals surface area contributed by atoms with Crippen LogP contribution >= 0.6 is 0 Å². The fourth-order valence-corrected chi connectivity index (χ4v) is 2.02. The van der Waals surface area contributed by atoms with Crippen LogP contribution in [0.1, 0.15) is 36.7 Å². The number of benzene rings is 1. The van der Waals surface area contributed by atoms with E-state index in [0.29, 0.717) is 12.2 Å². The fourth-order valence-electron chi connectivity index (χ4n) is 2.02. The minimum absolute atomic E-state index is 0.0322. The minimum Gasteiger partial charge on any atom is -0.492 e. The predicted molar refractivity (Wildman–Crippen MR) is 64.8 cm³/mol. The van der Waals surface area contributed by atoms with E-state index >= 15 is 0 Å². The molecule has 16 heavy (non-hydrogen) atoms. The van der Waals surface area contributed by atoms with Crippen LogP contribution in [0.15, 0.2) is 24.3 Å². The summed E-state index contributed by atoms with van der Waals surface area (Å²) in [7, 11) is 0. The van der Waals surface area contributed by atoms with Crippen LogP contribution in [-0.2, 0) is 0 Å². The average Bonchev–Trinajstić information content (AvgIpc) is 2.35. The van der Waals surface area contributed by atoms with Crippen molar-refractivity contribution in [1.29, 1.82) is 0 Å². The second kappa shape index (κ2) is 3.78. The molecular weight excluding hydrogens is 200 g/mol. The summed E-state index contributed by atoms with van der Waals surface area (Å²) in [5, 5.41) is 0. The summed E-state index contributed by atoms with van der Waals surface area (Å²) in [6.07, 6.45) is 3.07. The molecule has 0 atom stereocenters. The smallest absolute Gasteiger partial charge is 0.150 e. The predicted octanol–water partition coefficient (Wildman–Crippen LogP) is 3.32. The molecule has 1 aromatic rings. The van der Waals surface area contributed by atoms with E-state index in [1.54, 1.807) is 6.07 Å². The number of carbonyl (C=O) groups excluding carboxylic acids is 1. The van der Waals surface area contributed by atoms with Gasteiger partial charge in [0.2, 0.25) is 0 Å². The van der Waals surface area contributed by atoms with Crippen molar-refractivity contribution in [2.24, 2.45) is 5.41 Å². The van der Waals surface area contributed by atoms with Crippen LogP contribution in [0.4, 0.5) is 0 Å². The van der Waals surface area contributed by atoms with E-state index < -0.39 is 0 Å². The molecule has 1 aliphatic heterocycles. The van der Waals surface area contributed by atoms with Crippen molar-refractivity contribution in [3.05, 3.63) is 35.4 Å². The van der Waals surface area contributed by atoms with Crippen molar-refractivity contribution in [3.63, 3.8) is 0 Å². The summed E-state index contributed by atoms with van der Waals surface area (Å²) in [6.45, 7) is 7.01. The maximum atomic E-state index is 10.8. The molecule has 0 bridgehead atoms. The third kappa shape index (κ3) is 2.01. The number of hydrogen-bond donors (Lipinski definition) is 0. The van der Waals surface area contributed by atoms with Crippen molar-refractivity contribution in [1.82, 2.24) is 0 Å². The van der Waals surface area contributed by atoms with Gasteiger partial charge in [-0.1, -0.05) is 19.9 Å². The zero-order valence-corrected chi connectivity index (χ0v) is 9.91. The van der Waals surface area contributed by atoms with Gasteiger partial charge in [0.15, 0.2) is 0 Å². The van der Waals surface area contributed by atoms with E-state index in [4.69, 9.17) is 4.74 Å². The summed E-state index contributed by atoms with van der Waals surface area (Å²) in [4.78, 5) is 10.8. The van der Waals surface area contributed by atoms with E-state index in [1.807, 2.05) is 12.1 Å². The Hall–Kier alpha value is -1.57. The van der Waals surface area contributed by atoms with Gasteiger partial charge >= 0.3 is 0 Å². The molecule has 2 rings (SSSR count). The van der Waals surface area contributed by atoms with Crippen LogP contribution in [0.5, 0.6) is 5.75 Å². The van der Waals surface area contributed by atoms with Crippen LogP contribution in [-0.4, -0.2) is 12.9 Å². The van der Waals surface area contributed by atoms with Gasteiger partial charge in [0.1, 0.15) is 12.0 Å². The van der Waals surface area contributed by atoms with Gasteiger partial charge in [0.05, 0.1) is 6.61 Å². The quantitative estimate of drug-likeness (QED) is 0.673. The Bertz CT molecular complexity index is 456. The van der Waals surface area contributed by atoms with E-state index in [2.05, 4.69) is 26.8 Å². The molecule has 0 amide bonds. The molecule has 2 heteroatoms. The Kier molecular flexibility index (Phi) is 2.58. The highest BCUT2D eigenvalue weighted by Crippen LogP contribution is 2.34.